The van der Waals surface area contributed by atoms with Gasteiger partial charge in [0, 0.05) is 0 Å². The summed E-state index contributed by atoms with van der Waals surface area (Å²) in [5.41, 5.74) is 0. The summed E-state index contributed by atoms with van der Waals surface area (Å²) >= 11 is 0. The van der Waals surface area contributed by atoms with Crippen molar-refractivity contribution in [3.63, 3.8) is 0 Å². The van der Waals surface area contributed by atoms with Gasteiger partial charge in [-0.3, -0.25) is 4.57 Å². The predicted molar refractivity (Wildman–Crippen MR) is 92.2 cm³/mol. The molecule has 0 amide bonds. The molecule has 0 bridgehead atoms. The molecule has 0 radical (unpaired) electrons. The van der Waals surface area contributed by atoms with Crippen LogP contribution < -0.4 is 0 Å². The van der Waals surface area contributed by atoms with E-state index in [1.54, 1.807) is 0 Å². The second kappa shape index (κ2) is 9.43. The van der Waals surface area contributed by atoms with E-state index in [9.17, 15) is 4.57 Å². The van der Waals surface area contributed by atoms with Gasteiger partial charge in [-0.05, 0) is 21.0 Å². The first-order chi connectivity index (χ1) is 5.54. The Morgan fingerprint density at radius 3 is 1.67 bits per heavy atom. The van der Waals surface area contributed by atoms with E-state index in [2.05, 4.69) is 44.6 Å². The lowest BCUT2D eigenvalue weighted by Gasteiger charge is -2.26. The first-order valence-electron chi connectivity index (χ1n) is 2.53. The monoisotopic (exact) mass is 368 g/mol. The van der Waals surface area contributed by atoms with E-state index in [1.807, 2.05) is 0 Å². The number of rotatable bonds is 5. The summed E-state index contributed by atoms with van der Waals surface area (Å²) in [4.78, 5) is 0. The van der Waals surface area contributed by atoms with Gasteiger partial charge in [0.2, 0.25) is 0 Å². The van der Waals surface area contributed by atoms with E-state index >= 15 is 0 Å². The minimum absolute atomic E-state index is 0.0118. The molecule has 8 atom stereocenters. The van der Waals surface area contributed by atoms with Crippen LogP contribution in [0.25, 0.3) is 0 Å². The topological polar surface area (TPSA) is 17.1 Å². The minimum atomic E-state index is -0.270. The minimum Gasteiger partial charge on any atom is -0.269 e. The molecule has 0 heterocycles. The van der Waals surface area contributed by atoms with Gasteiger partial charge in [-0.25, -0.2) is 0 Å². The summed E-state index contributed by atoms with van der Waals surface area (Å²) in [6, 6.07) is 0. The van der Waals surface area contributed by atoms with Crippen LogP contribution in [-0.4, -0.2) is 0 Å². The summed E-state index contributed by atoms with van der Waals surface area (Å²) in [7, 11) is 15.5. The van der Waals surface area contributed by atoms with E-state index in [0.29, 0.717) is 8.15 Å². The molecule has 0 aliphatic carbocycles. The van der Waals surface area contributed by atoms with Crippen molar-refractivity contribution < 1.29 is 4.57 Å². The van der Waals surface area contributed by atoms with Gasteiger partial charge in [0.1, 0.15) is 0 Å². The molecular formula is H11OP11. The van der Waals surface area contributed by atoms with Gasteiger partial charge in [0.15, 0.2) is 8.15 Å². The molecule has 1 nitrogen and oxygen atoms in total. The second-order valence-corrected chi connectivity index (χ2v) is 39.8. The van der Waals surface area contributed by atoms with Crippen molar-refractivity contribution in [1.82, 2.24) is 0 Å². The lowest BCUT2D eigenvalue weighted by molar-refractivity contribution is 0.605. The van der Waals surface area contributed by atoms with Crippen LogP contribution in [0, 0.1) is 0 Å². The molecule has 0 aromatic rings. The Labute approximate surface area is 93.0 Å². The van der Waals surface area contributed by atoms with Gasteiger partial charge in [-0.1, -0.05) is 7.96 Å². The highest BCUT2D eigenvalue weighted by Gasteiger charge is 2.26. The average molecular weight is 368 g/mol. The van der Waals surface area contributed by atoms with Crippen LogP contribution >= 0.6 is 88.7 Å². The zero-order chi connectivity index (χ0) is 9.72. The third-order valence-corrected chi connectivity index (χ3v) is 59.5. The van der Waals surface area contributed by atoms with Gasteiger partial charge in [-0.15, -0.1) is 44.6 Å². The van der Waals surface area contributed by atoms with E-state index in [0.717, 1.165) is 7.96 Å². The molecule has 12 heteroatoms. The zero-order valence-corrected chi connectivity index (χ0v) is 17.3. The van der Waals surface area contributed by atoms with E-state index < -0.39 is 0 Å². The fraction of sp³-hybridized carbons (Fsp3) is 0. The normalized spacial score (nSPS) is 18.2. The summed E-state index contributed by atoms with van der Waals surface area (Å²) in [5.74, 6) is 0. The highest BCUT2D eigenvalue weighted by molar-refractivity contribution is 9.17. The van der Waals surface area contributed by atoms with Crippen LogP contribution in [-0.2, 0) is 4.57 Å². The maximum absolute atomic E-state index is 11.0. The smallest absolute Gasteiger partial charge is 0.192 e. The van der Waals surface area contributed by atoms with E-state index in [-0.39, 0.29) is 27.9 Å². The molecule has 0 aliphatic heterocycles. The molecule has 0 spiro atoms. The van der Waals surface area contributed by atoms with Gasteiger partial charge in [0.25, 0.3) is 0 Å². The van der Waals surface area contributed by atoms with Gasteiger partial charge < -0.3 is 0 Å². The third-order valence-electron chi connectivity index (χ3n) is 0.783. The largest absolute Gasteiger partial charge is 0.269 e. The molecule has 72 valence electrons. The van der Waals surface area contributed by atoms with E-state index in [1.165, 1.54) is 0 Å². The van der Waals surface area contributed by atoms with Crippen LogP contribution in [0.1, 0.15) is 0 Å². The molecule has 0 aliphatic rings. The fourth-order valence-corrected chi connectivity index (χ4v) is 81.2. The number of hydrogen-bond acceptors (Lipinski definition) is 1. The number of hydrogen-bond donors (Lipinski definition) is 0. The highest BCUT2D eigenvalue weighted by Crippen LogP contribution is 3.12. The van der Waals surface area contributed by atoms with Crippen molar-refractivity contribution in [3.8, 4) is 0 Å². The van der Waals surface area contributed by atoms with E-state index in [4.69, 9.17) is 0 Å². The van der Waals surface area contributed by atoms with Crippen molar-refractivity contribution in [2.24, 2.45) is 0 Å². The average Bonchev–Trinajstić information content (AvgIpc) is 1.98. The Hall–Kier alpha value is 4.40. The van der Waals surface area contributed by atoms with Gasteiger partial charge in [0.05, 0.1) is 6.99 Å². The SMILES string of the molecule is O=PP(P(P)P)P(PP)P(P)P. The van der Waals surface area contributed by atoms with Gasteiger partial charge in [-0.2, -0.15) is 0 Å². The molecular weight excluding hydrogens is 357 g/mol. The van der Waals surface area contributed by atoms with Crippen LogP contribution in [0.5, 0.6) is 0 Å². The first kappa shape index (κ1) is 16.4. The zero-order valence-electron chi connectivity index (χ0n) is 6.03. The van der Waals surface area contributed by atoms with Crippen molar-refractivity contribution in [2.75, 3.05) is 0 Å². The summed E-state index contributed by atoms with van der Waals surface area (Å²) in [6.07, 6.45) is 0. The molecule has 12 heavy (non-hydrogen) atoms. The van der Waals surface area contributed by atoms with Crippen LogP contribution in [0.4, 0.5) is 0 Å². The summed E-state index contributed by atoms with van der Waals surface area (Å²) < 4.78 is 11.0. The predicted octanol–water partition coefficient (Wildman–Crippen LogP) is 6.41. The Balaban J connectivity index is 4.33. The molecule has 0 saturated heterocycles. The highest BCUT2D eigenvalue weighted by atomic mass is 33.2. The Morgan fingerprint density at radius 2 is 1.58 bits per heavy atom. The van der Waals surface area contributed by atoms with Crippen molar-refractivity contribution in [1.29, 1.82) is 0 Å². The molecule has 0 rings (SSSR count). The fourth-order valence-electron chi connectivity index (χ4n) is 0.385. The molecule has 0 aromatic carbocycles. The Bertz CT molecular complexity index is 127. The van der Waals surface area contributed by atoms with Crippen LogP contribution in [0.3, 0.4) is 0 Å². The lowest BCUT2D eigenvalue weighted by Crippen LogP contribution is -1.40. The molecule has 0 saturated carbocycles. The van der Waals surface area contributed by atoms with Crippen molar-refractivity contribution >= 4 is 88.7 Å². The second-order valence-electron chi connectivity index (χ2n) is 1.53. The van der Waals surface area contributed by atoms with Crippen LogP contribution in [0.2, 0.25) is 0 Å². The van der Waals surface area contributed by atoms with Crippen LogP contribution in [0.15, 0.2) is 0 Å². The maximum Gasteiger partial charge on any atom is 0.192 e. The van der Waals surface area contributed by atoms with Crippen molar-refractivity contribution in [3.05, 3.63) is 0 Å². The standard InChI is InChI=1S/H11OP11/c1-7-11(9(3)4)12(8-2)10(5)6/h8H,2-6H2. The lowest BCUT2D eigenvalue weighted by atomic mass is 16.0. The molecule has 8 unspecified atom stereocenters. The van der Waals surface area contributed by atoms with Crippen molar-refractivity contribution in [2.45, 2.75) is 0 Å². The molecule has 0 aromatic heterocycles. The Morgan fingerprint density at radius 1 is 1.08 bits per heavy atom. The Kier molecular flexibility index (Phi) is 12.9. The summed E-state index contributed by atoms with van der Waals surface area (Å²) in [5, 5.41) is 0. The quantitative estimate of drug-likeness (QED) is 0.513. The first-order valence-corrected chi connectivity index (χ1v) is 21.7. The summed E-state index contributed by atoms with van der Waals surface area (Å²) in [6.45, 7) is -0.478. The third kappa shape index (κ3) is 6.21. The molecule has 0 N–H and O–H groups in total. The maximum atomic E-state index is 11.0. The molecule has 0 fully saturated rings. The van der Waals surface area contributed by atoms with Gasteiger partial charge >= 0.3 is 0 Å².